The second-order valence-corrected chi connectivity index (χ2v) is 13.6. The van der Waals surface area contributed by atoms with E-state index in [-0.39, 0.29) is 35.4 Å². The topological polar surface area (TPSA) is 157 Å². The Morgan fingerprint density at radius 2 is 1.86 bits per heavy atom. The predicted octanol–water partition coefficient (Wildman–Crippen LogP) is 4.40. The molecule has 3 aromatic rings. The van der Waals surface area contributed by atoms with Crippen LogP contribution in [-0.4, -0.2) is 83.8 Å². The molecule has 3 aromatic heterocycles. The quantitative estimate of drug-likeness (QED) is 0.268. The van der Waals surface area contributed by atoms with Gasteiger partial charge in [0.15, 0.2) is 17.3 Å². The minimum absolute atomic E-state index is 0.0373. The number of nitrogens with zero attached hydrogens (tertiary/aromatic N) is 7. The number of aromatic nitrogens is 6. The van der Waals surface area contributed by atoms with Crippen LogP contribution in [0.3, 0.4) is 0 Å². The van der Waals surface area contributed by atoms with Crippen molar-refractivity contribution in [2.45, 2.75) is 105 Å². The second-order valence-electron chi connectivity index (χ2n) is 13.6. The van der Waals surface area contributed by atoms with Crippen molar-refractivity contribution >= 4 is 23.2 Å². The number of aromatic hydroxyl groups is 1. The van der Waals surface area contributed by atoms with Crippen molar-refractivity contribution in [3.05, 3.63) is 51.2 Å². The lowest BCUT2D eigenvalue weighted by atomic mass is 9.63. The van der Waals surface area contributed by atoms with Gasteiger partial charge in [0, 0.05) is 30.9 Å². The van der Waals surface area contributed by atoms with E-state index < -0.39 is 0 Å². The molecule has 0 bridgehead atoms. The van der Waals surface area contributed by atoms with Crippen molar-refractivity contribution in [2.24, 2.45) is 11.3 Å². The molecule has 2 aliphatic carbocycles. The second kappa shape index (κ2) is 16.1. The van der Waals surface area contributed by atoms with Crippen LogP contribution in [0.15, 0.2) is 17.2 Å². The van der Waals surface area contributed by atoms with Crippen LogP contribution in [0.4, 0.5) is 0 Å². The molecule has 13 nitrogen and oxygen atoms in total. The number of ether oxygens (including phenoxy) is 1. The number of hydrogen-bond donors (Lipinski definition) is 2. The molecule has 4 heterocycles. The van der Waals surface area contributed by atoms with E-state index >= 15 is 0 Å². The van der Waals surface area contributed by atoms with Crippen molar-refractivity contribution < 1.29 is 19.4 Å². The van der Waals surface area contributed by atoms with Crippen molar-refractivity contribution in [1.29, 1.82) is 0 Å². The van der Waals surface area contributed by atoms with E-state index in [1.165, 1.54) is 42.9 Å². The summed E-state index contributed by atoms with van der Waals surface area (Å²) in [5.41, 5.74) is 3.28. The molecule has 266 valence electrons. The van der Waals surface area contributed by atoms with Gasteiger partial charge in [0.05, 0.1) is 18.9 Å². The van der Waals surface area contributed by atoms with Gasteiger partial charge in [-0.05, 0) is 88.5 Å². The third kappa shape index (κ3) is 8.03. The van der Waals surface area contributed by atoms with Crippen molar-refractivity contribution in [1.82, 2.24) is 39.3 Å². The highest BCUT2D eigenvalue weighted by Crippen LogP contribution is 2.58. The zero-order valence-electron chi connectivity index (χ0n) is 29.8. The van der Waals surface area contributed by atoms with Gasteiger partial charge >= 0.3 is 0 Å². The Labute approximate surface area is 288 Å². The third-order valence-corrected chi connectivity index (χ3v) is 10.2. The van der Waals surface area contributed by atoms with Gasteiger partial charge in [0.1, 0.15) is 12.9 Å². The standard InChI is InChI=1S/C24H33N5O3.C12H19N3O2/c1-3-19-16(2)22(31)29-23(26-21(27-29)17-7-13-32-14-8-17)28(19)15-20(30)25-12-11-24(9-4-10-24)18-5-6-18;1-4-6-15(7-5-2)12(17)10-11(16)9(3)13-8-14-10/h7,18H,3-6,8-15H2,1-2H3,(H,25,30);8,16H,4-7H2,1-3H3. The molecule has 0 radical (unpaired) electrons. The third-order valence-electron chi connectivity index (χ3n) is 10.2. The first-order chi connectivity index (χ1) is 23.6. The summed E-state index contributed by atoms with van der Waals surface area (Å²) in [5.74, 6) is 1.48. The molecule has 2 saturated carbocycles. The van der Waals surface area contributed by atoms with Crippen molar-refractivity contribution in [3.63, 3.8) is 0 Å². The van der Waals surface area contributed by atoms with Gasteiger partial charge in [-0.1, -0.05) is 33.3 Å². The Morgan fingerprint density at radius 1 is 1.12 bits per heavy atom. The average molecular weight is 677 g/mol. The first-order valence-electron chi connectivity index (χ1n) is 18.0. The fourth-order valence-corrected chi connectivity index (χ4v) is 7.18. The van der Waals surface area contributed by atoms with Crippen LogP contribution in [-0.2, 0) is 22.5 Å². The van der Waals surface area contributed by atoms with Crippen LogP contribution in [0, 0.1) is 25.2 Å². The maximum Gasteiger partial charge on any atom is 0.278 e. The van der Waals surface area contributed by atoms with Crippen molar-refractivity contribution in [2.75, 3.05) is 32.8 Å². The smallest absolute Gasteiger partial charge is 0.278 e. The predicted molar refractivity (Wildman–Crippen MR) is 186 cm³/mol. The number of carbonyl (C=O) groups is 2. The molecule has 0 unspecified atom stereocenters. The lowest BCUT2D eigenvalue weighted by Gasteiger charge is -2.42. The lowest BCUT2D eigenvalue weighted by Crippen LogP contribution is -2.38. The number of aryl methyl sites for hydroxylation is 1. The molecule has 49 heavy (non-hydrogen) atoms. The zero-order valence-corrected chi connectivity index (χ0v) is 29.8. The van der Waals surface area contributed by atoms with Gasteiger partial charge in [-0.25, -0.2) is 9.97 Å². The van der Waals surface area contributed by atoms with Crippen LogP contribution in [0.25, 0.3) is 11.4 Å². The fourth-order valence-electron chi connectivity index (χ4n) is 7.18. The number of carbonyl (C=O) groups excluding carboxylic acids is 2. The molecule has 0 atom stereocenters. The van der Waals surface area contributed by atoms with Crippen LogP contribution in [0.1, 0.15) is 112 Å². The van der Waals surface area contributed by atoms with Crippen LogP contribution >= 0.6 is 0 Å². The van der Waals surface area contributed by atoms with E-state index in [4.69, 9.17) is 4.74 Å². The average Bonchev–Trinajstić information content (AvgIpc) is 3.83. The van der Waals surface area contributed by atoms with E-state index in [1.54, 1.807) is 18.7 Å². The van der Waals surface area contributed by atoms with Gasteiger partial charge in [0.2, 0.25) is 11.7 Å². The maximum atomic E-state index is 12.9. The summed E-state index contributed by atoms with van der Waals surface area (Å²) >= 11 is 0. The summed E-state index contributed by atoms with van der Waals surface area (Å²) in [4.78, 5) is 52.1. The highest BCUT2D eigenvalue weighted by atomic mass is 16.5. The highest BCUT2D eigenvalue weighted by Gasteiger charge is 2.48. The van der Waals surface area contributed by atoms with E-state index in [2.05, 4.69) is 25.4 Å². The molecule has 0 aromatic carbocycles. The van der Waals surface area contributed by atoms with E-state index in [0.717, 1.165) is 43.0 Å². The summed E-state index contributed by atoms with van der Waals surface area (Å²) in [6.07, 6.45) is 14.2. The minimum atomic E-state index is -0.225. The normalized spacial score (nSPS) is 16.7. The van der Waals surface area contributed by atoms with Crippen LogP contribution < -0.4 is 10.9 Å². The number of hydrogen-bond acceptors (Lipinski definition) is 9. The number of rotatable bonds is 13. The molecular formula is C36H52N8O5. The Hall–Kier alpha value is -4.13. The highest BCUT2D eigenvalue weighted by molar-refractivity contribution is 5.95. The minimum Gasteiger partial charge on any atom is -0.504 e. The number of amides is 2. The molecule has 6 rings (SSSR count). The van der Waals surface area contributed by atoms with Gasteiger partial charge in [0.25, 0.3) is 11.5 Å². The summed E-state index contributed by atoms with van der Waals surface area (Å²) in [7, 11) is 0. The van der Waals surface area contributed by atoms with Gasteiger partial charge in [-0.2, -0.15) is 9.50 Å². The van der Waals surface area contributed by atoms with Gasteiger partial charge in [-0.3, -0.25) is 14.4 Å². The molecular weight excluding hydrogens is 624 g/mol. The monoisotopic (exact) mass is 676 g/mol. The Kier molecular flexibility index (Phi) is 11.8. The summed E-state index contributed by atoms with van der Waals surface area (Å²) < 4.78 is 8.60. The van der Waals surface area contributed by atoms with Crippen LogP contribution in [0.5, 0.6) is 5.75 Å². The Morgan fingerprint density at radius 3 is 2.45 bits per heavy atom. The molecule has 2 fully saturated rings. The number of nitrogens with one attached hydrogen (secondary N) is 1. The molecule has 0 spiro atoms. The van der Waals surface area contributed by atoms with Crippen LogP contribution in [0.2, 0.25) is 0 Å². The van der Waals surface area contributed by atoms with Crippen molar-refractivity contribution in [3.8, 4) is 5.75 Å². The fraction of sp³-hybridized carbons (Fsp3) is 0.639. The summed E-state index contributed by atoms with van der Waals surface area (Å²) in [6.45, 7) is 12.8. The molecule has 0 saturated heterocycles. The SMILES string of the molecule is CCCN(CCC)C(=O)c1ncnc(C)c1O.CCc1c(C)c(=O)n2nc(C3=CCOCC3)nc2n1CC(=O)NCCC1(C2CC2)CCC1. The van der Waals surface area contributed by atoms with Gasteiger partial charge in [-0.15, -0.1) is 5.10 Å². The molecule has 13 heteroatoms. The van der Waals surface area contributed by atoms with Gasteiger partial charge < -0.3 is 24.6 Å². The molecule has 3 aliphatic rings. The zero-order chi connectivity index (χ0) is 35.1. The van der Waals surface area contributed by atoms with E-state index in [9.17, 15) is 19.5 Å². The first-order valence-corrected chi connectivity index (χ1v) is 18.0. The van der Waals surface area contributed by atoms with E-state index in [0.29, 0.717) is 67.4 Å². The summed E-state index contributed by atoms with van der Waals surface area (Å²) in [5, 5.41) is 17.4. The first kappa shape index (κ1) is 36.2. The van der Waals surface area contributed by atoms with E-state index in [1.807, 2.05) is 31.4 Å². The molecule has 2 amide bonds. The number of fused-ring (bicyclic) bond motifs is 1. The molecule has 2 N–H and O–H groups in total. The lowest BCUT2D eigenvalue weighted by molar-refractivity contribution is -0.121. The Bertz CT molecular complexity index is 1730. The molecule has 1 aliphatic heterocycles. The maximum absolute atomic E-state index is 12.9. The Balaban J connectivity index is 0.000000234. The summed E-state index contributed by atoms with van der Waals surface area (Å²) in [6, 6.07) is 0. The largest absolute Gasteiger partial charge is 0.504 e.